The van der Waals surface area contributed by atoms with Gasteiger partial charge in [0.15, 0.2) is 11.5 Å². The Balaban J connectivity index is 2.04. The number of methoxy groups -OCH3 is 2. The number of halogens is 1. The molecule has 0 aliphatic carbocycles. The lowest BCUT2D eigenvalue weighted by molar-refractivity contribution is 0.355. The van der Waals surface area contributed by atoms with Gasteiger partial charge < -0.3 is 14.8 Å². The van der Waals surface area contributed by atoms with Gasteiger partial charge in [0.2, 0.25) is 0 Å². The molecule has 0 heterocycles. The van der Waals surface area contributed by atoms with Gasteiger partial charge in [0.1, 0.15) is 4.99 Å². The molecule has 0 spiro atoms. The largest absolute Gasteiger partial charge is 0.493 e. The third kappa shape index (κ3) is 4.09. The molecular weight excluding hydrogens is 306 g/mol. The number of hydrogen-bond acceptors (Lipinski definition) is 3. The van der Waals surface area contributed by atoms with Crippen molar-refractivity contribution in [2.45, 2.75) is 6.54 Å². The van der Waals surface area contributed by atoms with E-state index in [1.54, 1.807) is 14.2 Å². The minimum absolute atomic E-state index is 0.643. The van der Waals surface area contributed by atoms with Crippen LogP contribution in [0.3, 0.4) is 0 Å². The summed E-state index contributed by atoms with van der Waals surface area (Å²) in [6, 6.07) is 13.2. The van der Waals surface area contributed by atoms with Crippen molar-refractivity contribution in [1.82, 2.24) is 5.32 Å². The van der Waals surface area contributed by atoms with Gasteiger partial charge in [-0.15, -0.1) is 0 Å². The van der Waals surface area contributed by atoms with Crippen LogP contribution in [-0.2, 0) is 6.54 Å². The number of benzene rings is 2. The molecule has 110 valence electrons. The molecule has 0 fully saturated rings. The molecule has 2 aromatic carbocycles. The highest BCUT2D eigenvalue weighted by atomic mass is 35.5. The van der Waals surface area contributed by atoms with E-state index in [4.69, 9.17) is 33.3 Å². The van der Waals surface area contributed by atoms with E-state index in [1.165, 1.54) is 0 Å². The standard InChI is InChI=1S/C16H16ClNO2S/c1-19-14-8-5-12(9-15(14)20-2)16(21)18-10-11-3-6-13(17)7-4-11/h3-9H,10H2,1-2H3,(H,18,21). The summed E-state index contributed by atoms with van der Waals surface area (Å²) in [4.78, 5) is 0.658. The van der Waals surface area contributed by atoms with Crippen LogP contribution in [0.25, 0.3) is 0 Å². The first-order chi connectivity index (χ1) is 10.1. The number of ether oxygens (including phenoxy) is 2. The second kappa shape index (κ2) is 7.29. The van der Waals surface area contributed by atoms with Crippen LogP contribution in [0.4, 0.5) is 0 Å². The molecule has 3 nitrogen and oxygen atoms in total. The molecule has 0 saturated carbocycles. The van der Waals surface area contributed by atoms with Gasteiger partial charge in [0.05, 0.1) is 14.2 Å². The number of nitrogens with one attached hydrogen (secondary N) is 1. The zero-order chi connectivity index (χ0) is 15.2. The van der Waals surface area contributed by atoms with Crippen LogP contribution in [0, 0.1) is 0 Å². The molecule has 0 atom stereocenters. The summed E-state index contributed by atoms with van der Waals surface area (Å²) in [7, 11) is 3.21. The Morgan fingerprint density at radius 1 is 1.05 bits per heavy atom. The van der Waals surface area contributed by atoms with Crippen molar-refractivity contribution < 1.29 is 9.47 Å². The summed E-state index contributed by atoms with van der Waals surface area (Å²) < 4.78 is 10.5. The third-order valence-electron chi connectivity index (χ3n) is 3.01. The molecule has 1 N–H and O–H groups in total. The molecule has 0 unspecified atom stereocenters. The summed E-state index contributed by atoms with van der Waals surface area (Å²) in [6.45, 7) is 0.643. The lowest BCUT2D eigenvalue weighted by atomic mass is 10.2. The fourth-order valence-corrected chi connectivity index (χ4v) is 2.19. The Morgan fingerprint density at radius 2 is 1.71 bits per heavy atom. The fraction of sp³-hybridized carbons (Fsp3) is 0.188. The van der Waals surface area contributed by atoms with Crippen LogP contribution < -0.4 is 14.8 Å². The quantitative estimate of drug-likeness (QED) is 0.848. The van der Waals surface area contributed by atoms with E-state index in [1.807, 2.05) is 42.5 Å². The number of rotatable bonds is 5. The average Bonchev–Trinajstić information content (AvgIpc) is 2.53. The van der Waals surface area contributed by atoms with Gasteiger partial charge in [-0.2, -0.15) is 0 Å². The van der Waals surface area contributed by atoms with Gasteiger partial charge in [-0.3, -0.25) is 0 Å². The van der Waals surface area contributed by atoms with Gasteiger partial charge in [-0.1, -0.05) is 36.0 Å². The first kappa shape index (κ1) is 15.6. The normalized spacial score (nSPS) is 10.0. The summed E-state index contributed by atoms with van der Waals surface area (Å²) in [6.07, 6.45) is 0. The van der Waals surface area contributed by atoms with E-state index < -0.39 is 0 Å². The molecule has 0 bridgehead atoms. The SMILES string of the molecule is COc1ccc(C(=S)NCc2ccc(Cl)cc2)cc1OC. The lowest BCUT2D eigenvalue weighted by Crippen LogP contribution is -2.21. The molecule has 0 aromatic heterocycles. The summed E-state index contributed by atoms with van der Waals surface area (Å²) in [5.74, 6) is 1.34. The lowest BCUT2D eigenvalue weighted by Gasteiger charge is -2.12. The van der Waals surface area contributed by atoms with Crippen LogP contribution in [-0.4, -0.2) is 19.2 Å². The molecule has 21 heavy (non-hydrogen) atoms. The van der Waals surface area contributed by atoms with E-state index in [-0.39, 0.29) is 0 Å². The van der Waals surface area contributed by atoms with E-state index in [0.717, 1.165) is 16.1 Å². The summed E-state index contributed by atoms with van der Waals surface area (Å²) >= 11 is 11.3. The van der Waals surface area contributed by atoms with Crippen LogP contribution in [0.2, 0.25) is 5.02 Å². The number of thiocarbonyl (C=S) groups is 1. The first-order valence-electron chi connectivity index (χ1n) is 6.38. The Hall–Kier alpha value is -1.78. The van der Waals surface area contributed by atoms with Gasteiger partial charge in [0.25, 0.3) is 0 Å². The van der Waals surface area contributed by atoms with Crippen molar-refractivity contribution in [3.63, 3.8) is 0 Å². The van der Waals surface area contributed by atoms with Gasteiger partial charge in [0, 0.05) is 17.1 Å². The monoisotopic (exact) mass is 321 g/mol. The van der Waals surface area contributed by atoms with E-state index in [2.05, 4.69) is 5.32 Å². The van der Waals surface area contributed by atoms with E-state index in [9.17, 15) is 0 Å². The predicted molar refractivity (Wildman–Crippen MR) is 89.5 cm³/mol. The van der Waals surface area contributed by atoms with Crippen molar-refractivity contribution >= 4 is 28.8 Å². The van der Waals surface area contributed by atoms with Crippen molar-refractivity contribution in [3.8, 4) is 11.5 Å². The first-order valence-corrected chi connectivity index (χ1v) is 7.17. The highest BCUT2D eigenvalue weighted by Gasteiger charge is 2.07. The Labute approximate surface area is 134 Å². The van der Waals surface area contributed by atoms with Crippen molar-refractivity contribution in [2.24, 2.45) is 0 Å². The van der Waals surface area contributed by atoms with Crippen molar-refractivity contribution in [2.75, 3.05) is 14.2 Å². The van der Waals surface area contributed by atoms with E-state index >= 15 is 0 Å². The minimum Gasteiger partial charge on any atom is -0.493 e. The molecule has 0 amide bonds. The Bertz CT molecular complexity index is 629. The maximum atomic E-state index is 5.86. The summed E-state index contributed by atoms with van der Waals surface area (Å²) in [5, 5.41) is 3.94. The zero-order valence-electron chi connectivity index (χ0n) is 11.9. The molecule has 0 radical (unpaired) electrons. The maximum absolute atomic E-state index is 5.86. The molecule has 5 heteroatoms. The highest BCUT2D eigenvalue weighted by Crippen LogP contribution is 2.27. The van der Waals surface area contributed by atoms with Crippen LogP contribution in [0.1, 0.15) is 11.1 Å². The maximum Gasteiger partial charge on any atom is 0.161 e. The molecular formula is C16H16ClNO2S. The van der Waals surface area contributed by atoms with Crippen molar-refractivity contribution in [3.05, 3.63) is 58.6 Å². The topological polar surface area (TPSA) is 30.5 Å². The Morgan fingerprint density at radius 3 is 2.33 bits per heavy atom. The van der Waals surface area contributed by atoms with Crippen LogP contribution in [0.15, 0.2) is 42.5 Å². The van der Waals surface area contributed by atoms with Crippen LogP contribution >= 0.6 is 23.8 Å². The van der Waals surface area contributed by atoms with Gasteiger partial charge >= 0.3 is 0 Å². The molecule has 0 saturated heterocycles. The van der Waals surface area contributed by atoms with Crippen molar-refractivity contribution in [1.29, 1.82) is 0 Å². The average molecular weight is 322 g/mol. The van der Waals surface area contributed by atoms with Gasteiger partial charge in [-0.05, 0) is 35.9 Å². The molecule has 2 rings (SSSR count). The fourth-order valence-electron chi connectivity index (χ4n) is 1.86. The summed E-state index contributed by atoms with van der Waals surface area (Å²) in [5.41, 5.74) is 2.00. The molecule has 2 aromatic rings. The zero-order valence-corrected chi connectivity index (χ0v) is 13.4. The smallest absolute Gasteiger partial charge is 0.161 e. The third-order valence-corrected chi connectivity index (χ3v) is 3.64. The number of hydrogen-bond donors (Lipinski definition) is 1. The minimum atomic E-state index is 0.643. The molecule has 0 aliphatic rings. The predicted octanol–water partition coefficient (Wildman–Crippen LogP) is 3.82. The second-order valence-electron chi connectivity index (χ2n) is 4.38. The Kier molecular flexibility index (Phi) is 5.42. The molecule has 0 aliphatic heterocycles. The highest BCUT2D eigenvalue weighted by molar-refractivity contribution is 7.80. The van der Waals surface area contributed by atoms with Crippen LogP contribution in [0.5, 0.6) is 11.5 Å². The van der Waals surface area contributed by atoms with Gasteiger partial charge in [-0.25, -0.2) is 0 Å². The van der Waals surface area contributed by atoms with E-state index in [0.29, 0.717) is 23.0 Å². The second-order valence-corrected chi connectivity index (χ2v) is 5.22.